The number of piperidine rings is 1. The van der Waals surface area contributed by atoms with Crippen LogP contribution in [0, 0.1) is 6.92 Å². The Balaban J connectivity index is 1.72. The molecule has 0 spiro atoms. The van der Waals surface area contributed by atoms with Crippen molar-refractivity contribution >= 4 is 39.3 Å². The van der Waals surface area contributed by atoms with Gasteiger partial charge < -0.3 is 10.1 Å². The maximum absolute atomic E-state index is 13.0. The zero-order chi connectivity index (χ0) is 22.6. The summed E-state index contributed by atoms with van der Waals surface area (Å²) in [6, 6.07) is 7.45. The lowest BCUT2D eigenvalue weighted by Crippen LogP contribution is -2.36. The molecule has 8 nitrogen and oxygen atoms in total. The van der Waals surface area contributed by atoms with Gasteiger partial charge in [-0.1, -0.05) is 24.1 Å². The van der Waals surface area contributed by atoms with E-state index in [1.807, 2.05) is 0 Å². The molecule has 1 fully saturated rings. The van der Waals surface area contributed by atoms with Gasteiger partial charge in [0, 0.05) is 19.3 Å². The van der Waals surface area contributed by atoms with E-state index >= 15 is 0 Å². The summed E-state index contributed by atoms with van der Waals surface area (Å²) in [7, 11) is -3.71. The Labute approximate surface area is 186 Å². The number of esters is 1. The molecule has 0 aliphatic carbocycles. The van der Waals surface area contributed by atoms with E-state index in [4.69, 9.17) is 16.3 Å². The minimum Gasteiger partial charge on any atom is -0.449 e. The van der Waals surface area contributed by atoms with Crippen LogP contribution < -0.4 is 5.32 Å². The van der Waals surface area contributed by atoms with Crippen molar-refractivity contribution in [3.05, 3.63) is 52.7 Å². The molecule has 1 atom stereocenters. The number of carbonyl (C=O) groups is 2. The summed E-state index contributed by atoms with van der Waals surface area (Å²) in [5.41, 5.74) is 0.604. The molecule has 2 aromatic rings. The summed E-state index contributed by atoms with van der Waals surface area (Å²) in [5.74, 6) is -1.10. The van der Waals surface area contributed by atoms with Crippen LogP contribution in [0.25, 0.3) is 0 Å². The number of ether oxygens (including phenoxy) is 1. The third kappa shape index (κ3) is 5.61. The summed E-state index contributed by atoms with van der Waals surface area (Å²) in [6.07, 6.45) is 2.89. The van der Waals surface area contributed by atoms with Gasteiger partial charge in [0.25, 0.3) is 5.91 Å². The number of nitrogens with one attached hydrogen (secondary N) is 1. The molecule has 0 radical (unpaired) electrons. The van der Waals surface area contributed by atoms with Crippen molar-refractivity contribution in [3.63, 3.8) is 0 Å². The summed E-state index contributed by atoms with van der Waals surface area (Å²) in [4.78, 5) is 28.9. The molecule has 1 aromatic carbocycles. The highest BCUT2D eigenvalue weighted by atomic mass is 35.5. The number of rotatable bonds is 6. The molecule has 3 rings (SSSR count). The second-order valence-corrected chi connectivity index (χ2v) is 9.69. The van der Waals surface area contributed by atoms with Crippen molar-refractivity contribution in [2.24, 2.45) is 0 Å². The minimum absolute atomic E-state index is 0.0606. The molecule has 1 aliphatic rings. The quantitative estimate of drug-likeness (QED) is 0.655. The molecule has 0 bridgehead atoms. The number of sulfonamides is 1. The van der Waals surface area contributed by atoms with Gasteiger partial charge >= 0.3 is 5.97 Å². The zero-order valence-electron chi connectivity index (χ0n) is 17.3. The monoisotopic (exact) mass is 465 g/mol. The predicted molar refractivity (Wildman–Crippen MR) is 117 cm³/mol. The largest absolute Gasteiger partial charge is 0.449 e. The van der Waals surface area contributed by atoms with Crippen LogP contribution in [-0.2, 0) is 19.6 Å². The average Bonchev–Trinajstić information content (AvgIpc) is 2.76. The zero-order valence-corrected chi connectivity index (χ0v) is 18.9. The van der Waals surface area contributed by atoms with Crippen molar-refractivity contribution in [2.75, 3.05) is 18.4 Å². The lowest BCUT2D eigenvalue weighted by molar-refractivity contribution is -0.123. The second-order valence-electron chi connectivity index (χ2n) is 7.34. The SMILES string of the molecule is Cc1ccc(C(=O)OC(C)C(=O)Nc2ccc(Cl)cn2)cc1S(=O)(=O)N1CCCCC1. The van der Waals surface area contributed by atoms with Gasteiger partial charge in [0.15, 0.2) is 6.10 Å². The second kappa shape index (κ2) is 9.76. The summed E-state index contributed by atoms with van der Waals surface area (Å²) in [5, 5.41) is 2.95. The third-order valence-corrected chi connectivity index (χ3v) is 7.25. The fourth-order valence-corrected chi connectivity index (χ4v) is 5.09. The van der Waals surface area contributed by atoms with Crippen molar-refractivity contribution in [1.82, 2.24) is 9.29 Å². The van der Waals surface area contributed by atoms with Gasteiger partial charge in [-0.2, -0.15) is 4.31 Å². The fourth-order valence-electron chi connectivity index (χ4n) is 3.21. The van der Waals surface area contributed by atoms with E-state index < -0.39 is 28.0 Å². The molecule has 1 N–H and O–H groups in total. The fraction of sp³-hybridized carbons (Fsp3) is 0.381. The number of carbonyl (C=O) groups excluding carboxylic acids is 2. The van der Waals surface area contributed by atoms with Crippen LogP contribution in [0.3, 0.4) is 0 Å². The van der Waals surface area contributed by atoms with Crippen LogP contribution in [0.2, 0.25) is 5.02 Å². The average molecular weight is 466 g/mol. The van der Waals surface area contributed by atoms with E-state index in [2.05, 4.69) is 10.3 Å². The standard InChI is InChI=1S/C21H24ClN3O5S/c1-14-6-7-16(12-18(14)31(28,29)25-10-4-3-5-11-25)21(27)30-15(2)20(26)24-19-9-8-17(22)13-23-19/h6-9,12-13,15H,3-5,10-11H2,1-2H3,(H,23,24,26). The van der Waals surface area contributed by atoms with Crippen LogP contribution in [0.1, 0.15) is 42.1 Å². The van der Waals surface area contributed by atoms with Gasteiger partial charge in [0.05, 0.1) is 15.5 Å². The highest BCUT2D eigenvalue weighted by molar-refractivity contribution is 7.89. The minimum atomic E-state index is -3.71. The van der Waals surface area contributed by atoms with E-state index in [1.165, 1.54) is 35.6 Å². The Bertz CT molecular complexity index is 1070. The Morgan fingerprint density at radius 1 is 1.16 bits per heavy atom. The number of aromatic nitrogens is 1. The highest BCUT2D eigenvalue weighted by Crippen LogP contribution is 2.25. The van der Waals surface area contributed by atoms with E-state index in [9.17, 15) is 18.0 Å². The van der Waals surface area contributed by atoms with Crippen LogP contribution in [0.15, 0.2) is 41.4 Å². The van der Waals surface area contributed by atoms with Crippen molar-refractivity contribution in [3.8, 4) is 0 Å². The molecule has 1 amide bonds. The van der Waals surface area contributed by atoms with E-state index in [0.29, 0.717) is 23.7 Å². The number of nitrogens with zero attached hydrogens (tertiary/aromatic N) is 2. The van der Waals surface area contributed by atoms with Crippen LogP contribution in [-0.4, -0.2) is 48.8 Å². The Kier molecular flexibility index (Phi) is 7.30. The molecule has 1 saturated heterocycles. The summed E-state index contributed by atoms with van der Waals surface area (Å²) >= 11 is 5.76. The smallest absolute Gasteiger partial charge is 0.338 e. The van der Waals surface area contributed by atoms with Gasteiger partial charge in [-0.15, -0.1) is 0 Å². The number of pyridine rings is 1. The first-order chi connectivity index (χ1) is 14.7. The lowest BCUT2D eigenvalue weighted by Gasteiger charge is -2.26. The summed E-state index contributed by atoms with van der Waals surface area (Å²) < 4.78 is 32.7. The molecule has 1 unspecified atom stereocenters. The van der Waals surface area contributed by atoms with Gasteiger partial charge in [-0.3, -0.25) is 4.79 Å². The van der Waals surface area contributed by atoms with Gasteiger partial charge in [0.2, 0.25) is 10.0 Å². The molecule has 2 heterocycles. The molecule has 166 valence electrons. The number of hydrogen-bond donors (Lipinski definition) is 1. The van der Waals surface area contributed by atoms with Gasteiger partial charge in [0.1, 0.15) is 5.82 Å². The predicted octanol–water partition coefficient (Wildman–Crippen LogP) is 3.40. The molecular formula is C21H24ClN3O5S. The Morgan fingerprint density at radius 2 is 1.87 bits per heavy atom. The van der Waals surface area contributed by atoms with Crippen molar-refractivity contribution < 1.29 is 22.7 Å². The molecule has 0 saturated carbocycles. The summed E-state index contributed by atoms with van der Waals surface area (Å²) in [6.45, 7) is 4.03. The maximum Gasteiger partial charge on any atom is 0.338 e. The van der Waals surface area contributed by atoms with Crippen LogP contribution >= 0.6 is 11.6 Å². The number of benzene rings is 1. The Morgan fingerprint density at radius 3 is 2.52 bits per heavy atom. The van der Waals surface area contributed by atoms with E-state index in [0.717, 1.165) is 19.3 Å². The number of anilines is 1. The highest BCUT2D eigenvalue weighted by Gasteiger charge is 2.29. The first-order valence-corrected chi connectivity index (χ1v) is 11.7. The first kappa shape index (κ1) is 23.2. The lowest BCUT2D eigenvalue weighted by atomic mass is 10.1. The Hall–Kier alpha value is -2.49. The van der Waals surface area contributed by atoms with Crippen molar-refractivity contribution in [2.45, 2.75) is 44.1 Å². The third-order valence-electron chi connectivity index (χ3n) is 4.99. The molecule has 1 aromatic heterocycles. The maximum atomic E-state index is 13.0. The number of amides is 1. The molecule has 10 heteroatoms. The van der Waals surface area contributed by atoms with E-state index in [-0.39, 0.29) is 16.3 Å². The topological polar surface area (TPSA) is 106 Å². The van der Waals surface area contributed by atoms with Crippen LogP contribution in [0.5, 0.6) is 0 Å². The van der Waals surface area contributed by atoms with Gasteiger partial charge in [-0.05, 0) is 56.5 Å². The van der Waals surface area contributed by atoms with Crippen molar-refractivity contribution in [1.29, 1.82) is 0 Å². The number of halogens is 1. The molecular weight excluding hydrogens is 442 g/mol. The van der Waals surface area contributed by atoms with Gasteiger partial charge in [-0.25, -0.2) is 18.2 Å². The first-order valence-electron chi connectivity index (χ1n) is 9.92. The number of aryl methyl sites for hydroxylation is 1. The molecule has 31 heavy (non-hydrogen) atoms. The number of hydrogen-bond acceptors (Lipinski definition) is 6. The van der Waals surface area contributed by atoms with Crippen LogP contribution in [0.4, 0.5) is 5.82 Å². The molecule has 1 aliphatic heterocycles. The normalized spacial score (nSPS) is 15.8. The van der Waals surface area contributed by atoms with E-state index in [1.54, 1.807) is 19.1 Å².